The first-order valence-electron chi connectivity index (χ1n) is 15.3. The van der Waals surface area contributed by atoms with Gasteiger partial charge >= 0.3 is 5.97 Å². The van der Waals surface area contributed by atoms with Crippen molar-refractivity contribution in [3.8, 4) is 17.2 Å². The Balaban J connectivity index is 1.30. The van der Waals surface area contributed by atoms with Gasteiger partial charge in [0.05, 0.1) is 23.0 Å². The SMILES string of the molecule is O=C(O)c1ccc(N2C(=O)C3CC=C4C(CC5(Cl)C(=O)N(CBr)C(=O)C5(Cl)C4c4ccc(OCc5ccccc5)cc4O)C3C2=O)cc1O. The van der Waals surface area contributed by atoms with Gasteiger partial charge in [-0.2, -0.15) is 0 Å². The van der Waals surface area contributed by atoms with E-state index in [0.717, 1.165) is 27.5 Å². The summed E-state index contributed by atoms with van der Waals surface area (Å²) >= 11 is 17.7. The van der Waals surface area contributed by atoms with Gasteiger partial charge in [0.1, 0.15) is 29.4 Å². The van der Waals surface area contributed by atoms with Crippen LogP contribution in [0.4, 0.5) is 5.69 Å². The van der Waals surface area contributed by atoms with Crippen molar-refractivity contribution in [3.63, 3.8) is 0 Å². The monoisotopic (exact) mass is 768 g/mol. The van der Waals surface area contributed by atoms with Crippen molar-refractivity contribution in [1.82, 2.24) is 4.90 Å². The summed E-state index contributed by atoms with van der Waals surface area (Å²) in [6, 6.07) is 17.3. The third-order valence-corrected chi connectivity index (χ3v) is 12.0. The number of benzene rings is 3. The molecule has 7 rings (SSSR count). The van der Waals surface area contributed by atoms with Crippen molar-refractivity contribution in [2.45, 2.75) is 35.1 Å². The molecule has 1 saturated carbocycles. The Hall–Kier alpha value is -4.39. The average Bonchev–Trinajstić information content (AvgIpc) is 3.41. The van der Waals surface area contributed by atoms with E-state index in [4.69, 9.17) is 27.9 Å². The Morgan fingerprint density at radius 2 is 1.65 bits per heavy atom. The van der Waals surface area contributed by atoms with E-state index < -0.39 is 74.3 Å². The highest BCUT2D eigenvalue weighted by Crippen LogP contribution is 2.66. The summed E-state index contributed by atoms with van der Waals surface area (Å²) in [7, 11) is 0. The van der Waals surface area contributed by atoms with Crippen molar-refractivity contribution < 1.29 is 44.0 Å². The van der Waals surface area contributed by atoms with Gasteiger partial charge in [0.15, 0.2) is 9.75 Å². The molecule has 4 amide bonds. The zero-order valence-electron chi connectivity index (χ0n) is 25.4. The van der Waals surface area contributed by atoms with E-state index in [1.165, 1.54) is 12.1 Å². The molecule has 0 spiro atoms. The second-order valence-electron chi connectivity index (χ2n) is 12.5. The van der Waals surface area contributed by atoms with E-state index >= 15 is 0 Å². The Labute approximate surface area is 297 Å². The molecule has 252 valence electrons. The van der Waals surface area contributed by atoms with Crippen LogP contribution in [-0.4, -0.2) is 65.0 Å². The van der Waals surface area contributed by atoms with Crippen LogP contribution in [0.1, 0.15) is 40.2 Å². The van der Waals surface area contributed by atoms with Crippen molar-refractivity contribution in [2.24, 2.45) is 17.8 Å². The minimum Gasteiger partial charge on any atom is -0.508 e. The predicted octanol–water partition coefficient (Wildman–Crippen LogP) is 5.29. The number of phenolic OH excluding ortho intramolecular Hbond substituents is 1. The highest BCUT2D eigenvalue weighted by atomic mass is 79.9. The number of hydrogen-bond acceptors (Lipinski definition) is 8. The number of anilines is 1. The highest BCUT2D eigenvalue weighted by Gasteiger charge is 2.76. The number of likely N-dealkylation sites (tertiary alicyclic amines) is 1. The zero-order valence-corrected chi connectivity index (χ0v) is 28.5. The smallest absolute Gasteiger partial charge is 0.339 e. The topological polar surface area (TPSA) is 162 Å². The number of carboxylic acid groups (broad SMARTS) is 1. The molecule has 14 heteroatoms. The molecule has 3 aromatic carbocycles. The van der Waals surface area contributed by atoms with E-state index in [-0.39, 0.29) is 41.9 Å². The van der Waals surface area contributed by atoms with Gasteiger partial charge in [-0.3, -0.25) is 24.1 Å². The van der Waals surface area contributed by atoms with Gasteiger partial charge in [-0.05, 0) is 42.5 Å². The fourth-order valence-electron chi connectivity index (χ4n) is 7.79. The van der Waals surface area contributed by atoms with E-state index in [0.29, 0.717) is 11.3 Å². The van der Waals surface area contributed by atoms with Crippen LogP contribution < -0.4 is 9.64 Å². The Kier molecular flexibility index (Phi) is 8.04. The summed E-state index contributed by atoms with van der Waals surface area (Å²) in [6.07, 6.45) is 1.54. The number of fused-ring (bicyclic) bond motifs is 4. The first-order valence-corrected chi connectivity index (χ1v) is 17.1. The molecule has 11 nitrogen and oxygen atoms in total. The standard InChI is InChI=1S/C35H27BrCl2N2O9/c36-16-39-32(47)34(37)14-24-20(10-11-23-27(24)30(44)40(29(23)43)18-6-8-22(31(45)46)25(41)12-18)28(35(34,38)33(39)48)21-9-7-19(13-26(21)42)49-15-17-4-2-1-3-5-17/h1-10,12-13,23-24,27-28,41-42H,11,14-16H2,(H,45,46). The van der Waals surface area contributed by atoms with Crippen LogP contribution in [0.5, 0.6) is 17.2 Å². The second-order valence-corrected chi connectivity index (χ2v) is 14.2. The van der Waals surface area contributed by atoms with E-state index in [9.17, 15) is 39.3 Å². The van der Waals surface area contributed by atoms with Crippen LogP contribution in [-0.2, 0) is 25.8 Å². The summed E-state index contributed by atoms with van der Waals surface area (Å²) < 4.78 is 5.88. The number of imide groups is 2. The zero-order chi connectivity index (χ0) is 35.0. The number of halogens is 3. The van der Waals surface area contributed by atoms with E-state index in [2.05, 4.69) is 15.9 Å². The molecule has 2 heterocycles. The lowest BCUT2D eigenvalue weighted by Crippen LogP contribution is -2.60. The molecular formula is C35H27BrCl2N2O9. The number of allylic oxidation sites excluding steroid dienone is 2. The number of alkyl halides is 3. The molecule has 2 saturated heterocycles. The molecule has 4 aliphatic rings. The Morgan fingerprint density at radius 1 is 0.918 bits per heavy atom. The van der Waals surface area contributed by atoms with E-state index in [1.54, 1.807) is 18.2 Å². The number of phenols is 2. The molecule has 3 N–H and O–H groups in total. The third kappa shape index (κ3) is 4.79. The fraction of sp³-hybridized carbons (Fsp3) is 0.286. The molecule has 0 bridgehead atoms. The molecule has 3 fully saturated rings. The number of carbonyl (C=O) groups excluding carboxylic acids is 4. The van der Waals surface area contributed by atoms with Gasteiger partial charge in [0, 0.05) is 23.6 Å². The molecule has 0 radical (unpaired) electrons. The molecule has 49 heavy (non-hydrogen) atoms. The number of ether oxygens (including phenoxy) is 1. The lowest BCUT2D eigenvalue weighted by molar-refractivity contribution is -0.138. The normalized spacial score (nSPS) is 29.0. The van der Waals surface area contributed by atoms with Gasteiger partial charge in [0.2, 0.25) is 11.8 Å². The van der Waals surface area contributed by atoms with Crippen LogP contribution in [0.25, 0.3) is 0 Å². The predicted molar refractivity (Wildman–Crippen MR) is 180 cm³/mol. The molecule has 0 aromatic heterocycles. The van der Waals surface area contributed by atoms with Gasteiger partial charge in [-0.25, -0.2) is 9.69 Å². The minimum atomic E-state index is -2.11. The maximum atomic E-state index is 14.2. The molecule has 3 aromatic rings. The van der Waals surface area contributed by atoms with E-state index in [1.807, 2.05) is 30.3 Å². The van der Waals surface area contributed by atoms with Gasteiger partial charge < -0.3 is 20.1 Å². The summed E-state index contributed by atoms with van der Waals surface area (Å²) in [5.41, 5.74) is 0.938. The maximum absolute atomic E-state index is 14.2. The van der Waals surface area contributed by atoms with Crippen LogP contribution in [0, 0.1) is 17.8 Å². The molecule has 6 unspecified atom stereocenters. The fourth-order valence-corrected chi connectivity index (χ4v) is 9.21. The number of amides is 4. The van der Waals surface area contributed by atoms with Gasteiger partial charge in [0.25, 0.3) is 11.8 Å². The largest absolute Gasteiger partial charge is 0.508 e. The number of carbonyl (C=O) groups is 5. The van der Waals surface area contributed by atoms with Crippen LogP contribution in [0.3, 0.4) is 0 Å². The first-order chi connectivity index (χ1) is 23.3. The van der Waals surface area contributed by atoms with Crippen LogP contribution in [0.2, 0.25) is 0 Å². The minimum absolute atomic E-state index is 0.0191. The number of aromatic carboxylic acids is 1. The summed E-state index contributed by atoms with van der Waals surface area (Å²) in [5, 5.41) is 31.1. The molecule has 6 atom stereocenters. The average molecular weight is 770 g/mol. The second kappa shape index (κ2) is 11.9. The highest BCUT2D eigenvalue weighted by molar-refractivity contribution is 9.09. The van der Waals surface area contributed by atoms with Crippen molar-refractivity contribution in [1.29, 1.82) is 0 Å². The lowest BCUT2D eigenvalue weighted by Gasteiger charge is -2.50. The quantitative estimate of drug-likeness (QED) is 0.126. The Bertz CT molecular complexity index is 1990. The van der Waals surface area contributed by atoms with Gasteiger partial charge in [-0.15, -0.1) is 23.2 Å². The Morgan fingerprint density at radius 3 is 2.31 bits per heavy atom. The molecule has 2 aliphatic heterocycles. The van der Waals surface area contributed by atoms with Crippen LogP contribution >= 0.6 is 39.1 Å². The summed E-state index contributed by atoms with van der Waals surface area (Å²) in [6.45, 7) is 0.222. The van der Waals surface area contributed by atoms with Crippen molar-refractivity contribution >= 4 is 74.4 Å². The van der Waals surface area contributed by atoms with Crippen molar-refractivity contribution in [2.75, 3.05) is 10.4 Å². The number of aromatic hydroxyl groups is 2. The number of hydrogen-bond donors (Lipinski definition) is 3. The maximum Gasteiger partial charge on any atom is 0.339 e. The van der Waals surface area contributed by atoms with Gasteiger partial charge in [-0.1, -0.05) is 64.0 Å². The van der Waals surface area contributed by atoms with Crippen molar-refractivity contribution in [3.05, 3.63) is 95.1 Å². The molecular weight excluding hydrogens is 743 g/mol. The summed E-state index contributed by atoms with van der Waals surface area (Å²) in [5.74, 6) is -8.69. The third-order valence-electron chi connectivity index (χ3n) is 10.0. The first kappa shape index (κ1) is 33.1. The summed E-state index contributed by atoms with van der Waals surface area (Å²) in [4.78, 5) is 64.9. The lowest BCUT2D eigenvalue weighted by atomic mass is 9.56. The number of rotatable bonds is 7. The number of carboxylic acids is 1. The number of nitrogens with zero attached hydrogens (tertiary/aromatic N) is 2. The molecule has 2 aliphatic carbocycles. The van der Waals surface area contributed by atoms with Crippen LogP contribution in [0.15, 0.2) is 78.4 Å².